The molecule has 2 aliphatic rings. The number of cyclic esters (lactones) is 1. The number of carbonyl (C=O) groups excluding carboxylic acids is 1. The highest BCUT2D eigenvalue weighted by Crippen LogP contribution is 2.22. The summed E-state index contributed by atoms with van der Waals surface area (Å²) in [6.45, 7) is 2.66. The van der Waals surface area contributed by atoms with Crippen molar-refractivity contribution in [1.29, 1.82) is 0 Å². The van der Waals surface area contributed by atoms with Crippen molar-refractivity contribution < 1.29 is 9.53 Å². The maximum Gasteiger partial charge on any atom is 0.410 e. The predicted molar refractivity (Wildman–Crippen MR) is 73.6 cm³/mol. The van der Waals surface area contributed by atoms with Crippen LogP contribution in [0.5, 0.6) is 0 Å². The molecule has 1 atom stereocenters. The largest absolute Gasteiger partial charge is 0.447 e. The number of nitrogens with zero attached hydrogens (tertiary/aromatic N) is 4. The summed E-state index contributed by atoms with van der Waals surface area (Å²) in [5.41, 5.74) is 1.79. The molecule has 0 radical (unpaired) electrons. The maximum absolute atomic E-state index is 11.5. The highest BCUT2D eigenvalue weighted by atomic mass is 16.6. The number of fused-ring (bicyclic) bond motifs is 2. The molecule has 102 valence electrons. The highest BCUT2D eigenvalue weighted by Gasteiger charge is 2.37. The Morgan fingerprint density at radius 1 is 1.20 bits per heavy atom. The lowest BCUT2D eigenvalue weighted by molar-refractivity contribution is 0.157. The molecule has 1 amide bonds. The molecule has 0 N–H and O–H groups in total. The van der Waals surface area contributed by atoms with Crippen LogP contribution in [0.3, 0.4) is 0 Å². The molecule has 2 fully saturated rings. The van der Waals surface area contributed by atoms with Gasteiger partial charge < -0.3 is 9.64 Å². The second kappa shape index (κ2) is 4.33. The quantitative estimate of drug-likeness (QED) is 0.781. The average molecular weight is 270 g/mol. The molecular formula is C14H14N4O2. The summed E-state index contributed by atoms with van der Waals surface area (Å²) in [4.78, 5) is 24.5. The highest BCUT2D eigenvalue weighted by molar-refractivity contribution is 5.75. The molecule has 1 unspecified atom stereocenters. The van der Waals surface area contributed by atoms with E-state index < -0.39 is 0 Å². The average Bonchev–Trinajstić information content (AvgIpc) is 2.88. The zero-order valence-electron chi connectivity index (χ0n) is 10.9. The first-order valence-corrected chi connectivity index (χ1v) is 6.71. The van der Waals surface area contributed by atoms with E-state index in [0.29, 0.717) is 13.2 Å². The first-order chi connectivity index (χ1) is 9.81. The van der Waals surface area contributed by atoms with Crippen LogP contribution in [-0.4, -0.2) is 53.2 Å². The third kappa shape index (κ3) is 1.76. The van der Waals surface area contributed by atoms with Crippen molar-refractivity contribution in [2.24, 2.45) is 0 Å². The third-order valence-electron chi connectivity index (χ3n) is 3.88. The van der Waals surface area contributed by atoms with E-state index in [-0.39, 0.29) is 12.1 Å². The molecular weight excluding hydrogens is 256 g/mol. The van der Waals surface area contributed by atoms with Crippen LogP contribution in [0, 0.1) is 0 Å². The van der Waals surface area contributed by atoms with Crippen molar-refractivity contribution in [2.75, 3.05) is 31.1 Å². The molecule has 0 aliphatic carbocycles. The second-order valence-electron chi connectivity index (χ2n) is 5.09. The Bertz CT molecular complexity index is 675. The number of anilines is 1. The van der Waals surface area contributed by atoms with Gasteiger partial charge in [-0.05, 0) is 12.1 Å². The number of carbonyl (C=O) groups is 1. The van der Waals surface area contributed by atoms with Crippen LogP contribution in [0.4, 0.5) is 10.6 Å². The Hall–Kier alpha value is -2.37. The van der Waals surface area contributed by atoms with Crippen LogP contribution < -0.4 is 4.90 Å². The van der Waals surface area contributed by atoms with E-state index in [1.54, 1.807) is 11.1 Å². The Kier molecular flexibility index (Phi) is 2.48. The summed E-state index contributed by atoms with van der Waals surface area (Å²) in [5, 5.41) is 0. The smallest absolute Gasteiger partial charge is 0.410 e. The summed E-state index contributed by atoms with van der Waals surface area (Å²) in [7, 11) is 0. The minimum absolute atomic E-state index is 0.129. The van der Waals surface area contributed by atoms with Gasteiger partial charge in [0, 0.05) is 19.6 Å². The van der Waals surface area contributed by atoms with Crippen molar-refractivity contribution >= 4 is 22.9 Å². The number of piperazine rings is 1. The van der Waals surface area contributed by atoms with Crippen molar-refractivity contribution in [3.63, 3.8) is 0 Å². The van der Waals surface area contributed by atoms with E-state index in [2.05, 4.69) is 14.9 Å². The van der Waals surface area contributed by atoms with Crippen LogP contribution in [0.15, 0.2) is 30.5 Å². The predicted octanol–water partition coefficient (Wildman–Crippen LogP) is 1.27. The van der Waals surface area contributed by atoms with Gasteiger partial charge in [0.25, 0.3) is 0 Å². The molecule has 20 heavy (non-hydrogen) atoms. The molecule has 2 aromatic rings. The Balaban J connectivity index is 1.62. The van der Waals surface area contributed by atoms with Gasteiger partial charge in [0.1, 0.15) is 12.4 Å². The van der Waals surface area contributed by atoms with E-state index in [9.17, 15) is 4.79 Å². The summed E-state index contributed by atoms with van der Waals surface area (Å²) in [6, 6.07) is 7.96. The van der Waals surface area contributed by atoms with E-state index in [1.807, 2.05) is 24.3 Å². The van der Waals surface area contributed by atoms with Crippen molar-refractivity contribution in [3.8, 4) is 0 Å². The molecule has 0 bridgehead atoms. The van der Waals surface area contributed by atoms with Gasteiger partial charge in [-0.1, -0.05) is 12.1 Å². The topological polar surface area (TPSA) is 58.6 Å². The molecule has 2 saturated heterocycles. The Morgan fingerprint density at radius 2 is 2.05 bits per heavy atom. The van der Waals surface area contributed by atoms with E-state index in [0.717, 1.165) is 29.9 Å². The summed E-state index contributed by atoms with van der Waals surface area (Å²) in [6.07, 6.45) is 1.61. The third-order valence-corrected chi connectivity index (χ3v) is 3.88. The van der Waals surface area contributed by atoms with Gasteiger partial charge in [0.15, 0.2) is 0 Å². The fraction of sp³-hybridized carbons (Fsp3) is 0.357. The van der Waals surface area contributed by atoms with Crippen molar-refractivity contribution in [1.82, 2.24) is 14.9 Å². The fourth-order valence-electron chi connectivity index (χ4n) is 2.80. The van der Waals surface area contributed by atoms with Gasteiger partial charge in [-0.2, -0.15) is 0 Å². The van der Waals surface area contributed by atoms with E-state index >= 15 is 0 Å². The zero-order valence-corrected chi connectivity index (χ0v) is 10.9. The number of ether oxygens (including phenoxy) is 1. The SMILES string of the molecule is O=C1OCC2CN(c3cnc4ccccc4n3)CCN12. The van der Waals surface area contributed by atoms with Gasteiger partial charge in [0.05, 0.1) is 23.3 Å². The maximum atomic E-state index is 11.5. The molecule has 1 aromatic carbocycles. The lowest BCUT2D eigenvalue weighted by atomic mass is 10.2. The lowest BCUT2D eigenvalue weighted by Gasteiger charge is -2.35. The normalized spacial score (nSPS) is 22.0. The summed E-state index contributed by atoms with van der Waals surface area (Å²) >= 11 is 0. The summed E-state index contributed by atoms with van der Waals surface area (Å²) in [5.74, 6) is 0.864. The van der Waals surface area contributed by atoms with Crippen LogP contribution in [0.1, 0.15) is 0 Å². The van der Waals surface area contributed by atoms with Crippen LogP contribution in [0.2, 0.25) is 0 Å². The zero-order chi connectivity index (χ0) is 13.5. The molecule has 0 saturated carbocycles. The van der Waals surface area contributed by atoms with Crippen LogP contribution >= 0.6 is 0 Å². The van der Waals surface area contributed by atoms with Crippen molar-refractivity contribution in [2.45, 2.75) is 6.04 Å². The Labute approximate surface area is 116 Å². The number of rotatable bonds is 1. The molecule has 3 heterocycles. The van der Waals surface area contributed by atoms with Gasteiger partial charge in [-0.3, -0.25) is 9.88 Å². The fourth-order valence-corrected chi connectivity index (χ4v) is 2.80. The Morgan fingerprint density at radius 3 is 2.95 bits per heavy atom. The number of aromatic nitrogens is 2. The molecule has 1 aromatic heterocycles. The first kappa shape index (κ1) is 11.5. The summed E-state index contributed by atoms with van der Waals surface area (Å²) < 4.78 is 5.08. The minimum atomic E-state index is -0.195. The molecule has 0 spiro atoms. The second-order valence-corrected chi connectivity index (χ2v) is 5.09. The molecule has 6 heteroatoms. The molecule has 4 rings (SSSR count). The van der Waals surface area contributed by atoms with Gasteiger partial charge in [-0.15, -0.1) is 0 Å². The number of hydrogen-bond donors (Lipinski definition) is 0. The number of para-hydroxylation sites is 2. The first-order valence-electron chi connectivity index (χ1n) is 6.71. The standard InChI is InChI=1S/C14H14N4O2/c19-14-18-6-5-17(8-10(18)9-20-14)13-7-15-11-3-1-2-4-12(11)16-13/h1-4,7,10H,5-6,8-9H2. The molecule has 6 nitrogen and oxygen atoms in total. The van der Waals surface area contributed by atoms with Crippen LogP contribution in [0.25, 0.3) is 11.0 Å². The van der Waals surface area contributed by atoms with Crippen LogP contribution in [-0.2, 0) is 4.74 Å². The number of amides is 1. The number of hydrogen-bond acceptors (Lipinski definition) is 5. The molecule has 2 aliphatic heterocycles. The van der Waals surface area contributed by atoms with Gasteiger partial charge in [-0.25, -0.2) is 9.78 Å². The van der Waals surface area contributed by atoms with Gasteiger partial charge in [0.2, 0.25) is 0 Å². The monoisotopic (exact) mass is 270 g/mol. The number of benzene rings is 1. The lowest BCUT2D eigenvalue weighted by Crippen LogP contribution is -2.52. The van der Waals surface area contributed by atoms with E-state index in [4.69, 9.17) is 4.74 Å². The van der Waals surface area contributed by atoms with Gasteiger partial charge >= 0.3 is 6.09 Å². The van der Waals surface area contributed by atoms with Crippen molar-refractivity contribution in [3.05, 3.63) is 30.5 Å². The minimum Gasteiger partial charge on any atom is -0.447 e. The van der Waals surface area contributed by atoms with E-state index in [1.165, 1.54) is 0 Å².